The van der Waals surface area contributed by atoms with Crippen molar-refractivity contribution in [1.29, 1.82) is 0 Å². The molecular weight excluding hydrogens is 440 g/mol. The van der Waals surface area contributed by atoms with Gasteiger partial charge < -0.3 is 14.0 Å². The Hall–Kier alpha value is -2.98. The van der Waals surface area contributed by atoms with Crippen molar-refractivity contribution in [2.24, 2.45) is 0 Å². The summed E-state index contributed by atoms with van der Waals surface area (Å²) in [7, 11) is -2.51. The second kappa shape index (κ2) is 8.64. The van der Waals surface area contributed by atoms with E-state index in [0.717, 1.165) is 4.90 Å². The number of nitrogens with zero attached hydrogens (tertiary/aromatic N) is 2. The average molecular weight is 461 g/mol. The number of benzene rings is 2. The predicted octanol–water partition coefficient (Wildman–Crippen LogP) is 3.83. The van der Waals surface area contributed by atoms with Gasteiger partial charge in [0.25, 0.3) is 10.0 Å². The number of carbonyl (C=O) groups excluding carboxylic acids is 1. The first-order chi connectivity index (χ1) is 15.0. The van der Waals surface area contributed by atoms with Crippen LogP contribution >= 0.6 is 11.8 Å². The molecule has 162 valence electrons. The second-order valence-corrected chi connectivity index (χ2v) is 9.52. The van der Waals surface area contributed by atoms with Gasteiger partial charge in [0.05, 0.1) is 19.4 Å². The SMILES string of the molecule is CCOC(=O)c1cc(-c2ccc(OC)c(S(=O)(=O)N3CCSc4ccccc43)c2)on1. The van der Waals surface area contributed by atoms with E-state index in [2.05, 4.69) is 5.16 Å². The van der Waals surface area contributed by atoms with E-state index in [1.807, 2.05) is 18.2 Å². The molecule has 31 heavy (non-hydrogen) atoms. The van der Waals surface area contributed by atoms with Crippen molar-refractivity contribution in [3.63, 3.8) is 0 Å². The van der Waals surface area contributed by atoms with Crippen LogP contribution in [-0.2, 0) is 14.8 Å². The molecule has 1 aromatic heterocycles. The van der Waals surface area contributed by atoms with Gasteiger partial charge >= 0.3 is 5.97 Å². The molecule has 0 saturated carbocycles. The van der Waals surface area contributed by atoms with Gasteiger partial charge in [-0.1, -0.05) is 17.3 Å². The number of rotatable bonds is 6. The molecule has 10 heteroatoms. The van der Waals surface area contributed by atoms with Crippen LogP contribution in [0.4, 0.5) is 5.69 Å². The third-order valence-corrected chi connectivity index (χ3v) is 7.57. The molecule has 0 N–H and O–H groups in total. The summed E-state index contributed by atoms with van der Waals surface area (Å²) >= 11 is 1.62. The summed E-state index contributed by atoms with van der Waals surface area (Å²) in [6.45, 7) is 2.24. The number of aromatic nitrogens is 1. The number of thioether (sulfide) groups is 1. The minimum absolute atomic E-state index is 0.00304. The van der Waals surface area contributed by atoms with Gasteiger partial charge in [-0.3, -0.25) is 4.31 Å². The molecule has 2 heterocycles. The van der Waals surface area contributed by atoms with E-state index in [9.17, 15) is 13.2 Å². The second-order valence-electron chi connectivity index (χ2n) is 6.56. The number of para-hydroxylation sites is 1. The van der Waals surface area contributed by atoms with Crippen LogP contribution in [0.2, 0.25) is 0 Å². The van der Waals surface area contributed by atoms with Crippen LogP contribution in [-0.4, -0.2) is 45.6 Å². The lowest BCUT2D eigenvalue weighted by Gasteiger charge is -2.30. The highest BCUT2D eigenvalue weighted by Gasteiger charge is 2.32. The molecule has 0 atom stereocenters. The van der Waals surface area contributed by atoms with Crippen molar-refractivity contribution in [2.75, 3.05) is 30.3 Å². The maximum absolute atomic E-state index is 13.6. The van der Waals surface area contributed by atoms with Crippen LogP contribution in [0.3, 0.4) is 0 Å². The molecule has 1 aliphatic rings. The van der Waals surface area contributed by atoms with E-state index in [1.54, 1.807) is 36.9 Å². The Kier molecular flexibility index (Phi) is 5.92. The fraction of sp³-hybridized carbons (Fsp3) is 0.238. The van der Waals surface area contributed by atoms with E-state index < -0.39 is 16.0 Å². The minimum Gasteiger partial charge on any atom is -0.495 e. The molecule has 0 spiro atoms. The molecule has 0 unspecified atom stereocenters. The third kappa shape index (κ3) is 4.00. The van der Waals surface area contributed by atoms with Crippen molar-refractivity contribution >= 4 is 33.4 Å². The largest absolute Gasteiger partial charge is 0.495 e. The number of hydrogen-bond donors (Lipinski definition) is 0. The zero-order valence-corrected chi connectivity index (χ0v) is 18.5. The lowest BCUT2D eigenvalue weighted by Crippen LogP contribution is -2.35. The van der Waals surface area contributed by atoms with Crippen molar-refractivity contribution in [3.05, 3.63) is 54.2 Å². The molecule has 1 aliphatic heterocycles. The fourth-order valence-electron chi connectivity index (χ4n) is 3.26. The van der Waals surface area contributed by atoms with Crippen LogP contribution in [0.25, 0.3) is 11.3 Å². The summed E-state index contributed by atoms with van der Waals surface area (Å²) in [4.78, 5) is 12.8. The molecule has 0 amide bonds. The van der Waals surface area contributed by atoms with Gasteiger partial charge in [-0.15, -0.1) is 11.8 Å². The first kappa shape index (κ1) is 21.3. The van der Waals surface area contributed by atoms with E-state index >= 15 is 0 Å². The van der Waals surface area contributed by atoms with Crippen molar-refractivity contribution < 1.29 is 27.2 Å². The Morgan fingerprint density at radius 3 is 2.81 bits per heavy atom. The molecule has 4 rings (SSSR count). The molecule has 8 nitrogen and oxygen atoms in total. The molecule has 0 aliphatic carbocycles. The standard InChI is InChI=1S/C21H20N2O6S2/c1-3-28-21(24)15-13-18(29-22-15)14-8-9-17(27-2)20(12-14)31(25,26)23-10-11-30-19-7-5-4-6-16(19)23/h4-9,12-13H,3,10-11H2,1-2H3. The summed E-state index contributed by atoms with van der Waals surface area (Å²) in [6.07, 6.45) is 0. The first-order valence-corrected chi connectivity index (χ1v) is 11.9. The Labute approximate surface area is 184 Å². The number of methoxy groups -OCH3 is 1. The Bertz CT molecular complexity index is 1220. The molecule has 2 aromatic carbocycles. The van der Waals surface area contributed by atoms with Crippen LogP contribution in [0, 0.1) is 0 Å². The number of ether oxygens (including phenoxy) is 2. The highest BCUT2D eigenvalue weighted by Crippen LogP contribution is 2.40. The molecular formula is C21H20N2O6S2. The first-order valence-electron chi connectivity index (χ1n) is 9.52. The van der Waals surface area contributed by atoms with Crippen LogP contribution < -0.4 is 9.04 Å². The van der Waals surface area contributed by atoms with Gasteiger partial charge in [-0.2, -0.15) is 0 Å². The van der Waals surface area contributed by atoms with E-state index in [1.165, 1.54) is 23.5 Å². The average Bonchev–Trinajstić information content (AvgIpc) is 3.29. The van der Waals surface area contributed by atoms with Crippen LogP contribution in [0.5, 0.6) is 5.75 Å². The summed E-state index contributed by atoms with van der Waals surface area (Å²) in [5, 5.41) is 3.72. The zero-order chi connectivity index (χ0) is 22.0. The predicted molar refractivity (Wildman–Crippen MR) is 116 cm³/mol. The minimum atomic E-state index is -3.93. The Morgan fingerprint density at radius 2 is 2.03 bits per heavy atom. The Morgan fingerprint density at radius 1 is 1.23 bits per heavy atom. The van der Waals surface area contributed by atoms with Gasteiger partial charge in [0, 0.05) is 28.8 Å². The van der Waals surface area contributed by atoms with E-state index in [0.29, 0.717) is 23.5 Å². The topological polar surface area (TPSA) is 98.9 Å². The molecule has 0 saturated heterocycles. The molecule has 0 fully saturated rings. The van der Waals surface area contributed by atoms with Crippen molar-refractivity contribution in [2.45, 2.75) is 16.7 Å². The molecule has 3 aromatic rings. The van der Waals surface area contributed by atoms with Gasteiger partial charge in [0.15, 0.2) is 11.5 Å². The monoisotopic (exact) mass is 460 g/mol. The third-order valence-electron chi connectivity index (χ3n) is 4.70. The maximum Gasteiger partial charge on any atom is 0.360 e. The summed E-state index contributed by atoms with van der Waals surface area (Å²) in [6, 6.07) is 13.5. The Balaban J connectivity index is 1.76. The number of hydrogen-bond acceptors (Lipinski definition) is 8. The summed E-state index contributed by atoms with van der Waals surface area (Å²) in [5.74, 6) is 0.492. The number of anilines is 1. The smallest absolute Gasteiger partial charge is 0.360 e. The van der Waals surface area contributed by atoms with Crippen LogP contribution in [0.1, 0.15) is 17.4 Å². The van der Waals surface area contributed by atoms with Crippen molar-refractivity contribution in [3.8, 4) is 17.1 Å². The quantitative estimate of drug-likeness (QED) is 0.512. The lowest BCUT2D eigenvalue weighted by atomic mass is 10.1. The number of sulfonamides is 1. The van der Waals surface area contributed by atoms with E-state index in [4.69, 9.17) is 14.0 Å². The van der Waals surface area contributed by atoms with Gasteiger partial charge in [0.1, 0.15) is 10.6 Å². The number of fused-ring (bicyclic) bond motifs is 1. The van der Waals surface area contributed by atoms with E-state index in [-0.39, 0.29) is 28.7 Å². The fourth-order valence-corrected chi connectivity index (χ4v) is 6.09. The lowest BCUT2D eigenvalue weighted by molar-refractivity contribution is 0.0514. The normalized spacial score (nSPS) is 13.5. The number of esters is 1. The van der Waals surface area contributed by atoms with Crippen LogP contribution in [0.15, 0.2) is 62.8 Å². The van der Waals surface area contributed by atoms with Gasteiger partial charge in [-0.05, 0) is 37.3 Å². The van der Waals surface area contributed by atoms with Crippen molar-refractivity contribution in [1.82, 2.24) is 5.16 Å². The number of carbonyl (C=O) groups is 1. The highest BCUT2D eigenvalue weighted by atomic mass is 32.2. The maximum atomic E-state index is 13.6. The zero-order valence-electron chi connectivity index (χ0n) is 16.9. The summed E-state index contributed by atoms with van der Waals surface area (Å²) < 4.78 is 44.2. The highest BCUT2D eigenvalue weighted by molar-refractivity contribution is 8.00. The van der Waals surface area contributed by atoms with Gasteiger partial charge in [-0.25, -0.2) is 13.2 Å². The molecule has 0 bridgehead atoms. The summed E-state index contributed by atoms with van der Waals surface area (Å²) in [5.41, 5.74) is 1.09. The molecule has 0 radical (unpaired) electrons. The van der Waals surface area contributed by atoms with Gasteiger partial charge in [0.2, 0.25) is 0 Å².